The normalized spacial score (nSPS) is 15.1. The first-order valence-corrected chi connectivity index (χ1v) is 19.0. The molecule has 0 saturated carbocycles. The van der Waals surface area contributed by atoms with Crippen LogP contribution in [0.25, 0.3) is 0 Å². The SMILES string of the molecule is CCCCCCCCCCCCCCN1C=CN(CCCCCCCC)C1CCCCCCCCCCCCC. The number of hydrogen-bond donors (Lipinski definition) is 0. The van der Waals surface area contributed by atoms with Crippen molar-refractivity contribution in [1.29, 1.82) is 0 Å². The molecule has 2 nitrogen and oxygen atoms in total. The first kappa shape index (κ1) is 37.4. The summed E-state index contributed by atoms with van der Waals surface area (Å²) >= 11 is 0. The van der Waals surface area contributed by atoms with Gasteiger partial charge in [-0.05, 0) is 25.7 Å². The van der Waals surface area contributed by atoms with Crippen molar-refractivity contribution in [3.8, 4) is 0 Å². The standard InChI is InChI=1S/C38H76N2/c1-4-7-10-13-16-18-20-22-24-26-29-32-35-40-37-36-39(34-31-28-15-12-9-6-3)38(40)33-30-27-25-23-21-19-17-14-11-8-5-2/h36-38H,4-35H2,1-3H3. The summed E-state index contributed by atoms with van der Waals surface area (Å²) in [6, 6.07) is 0. The van der Waals surface area contributed by atoms with Crippen LogP contribution in [-0.4, -0.2) is 29.1 Å². The van der Waals surface area contributed by atoms with E-state index in [9.17, 15) is 0 Å². The molecule has 1 heterocycles. The van der Waals surface area contributed by atoms with Crippen molar-refractivity contribution in [3.05, 3.63) is 12.4 Å². The lowest BCUT2D eigenvalue weighted by atomic mass is 10.0. The van der Waals surface area contributed by atoms with E-state index in [0.29, 0.717) is 6.17 Å². The summed E-state index contributed by atoms with van der Waals surface area (Å²) in [6.45, 7) is 9.48. The van der Waals surface area contributed by atoms with Crippen molar-refractivity contribution in [1.82, 2.24) is 9.80 Å². The molecule has 0 radical (unpaired) electrons. The highest BCUT2D eigenvalue weighted by Crippen LogP contribution is 2.24. The summed E-state index contributed by atoms with van der Waals surface area (Å²) in [5.74, 6) is 0. The molecule has 0 saturated heterocycles. The van der Waals surface area contributed by atoms with Gasteiger partial charge in [-0.1, -0.05) is 188 Å². The molecule has 40 heavy (non-hydrogen) atoms. The molecule has 0 amide bonds. The Balaban J connectivity index is 2.20. The van der Waals surface area contributed by atoms with Gasteiger partial charge in [0.05, 0.1) is 0 Å². The zero-order valence-electron chi connectivity index (χ0n) is 28.3. The van der Waals surface area contributed by atoms with Crippen molar-refractivity contribution in [3.63, 3.8) is 0 Å². The lowest BCUT2D eigenvalue weighted by Crippen LogP contribution is -2.39. The highest BCUT2D eigenvalue weighted by atomic mass is 15.4. The molecule has 0 N–H and O–H groups in total. The van der Waals surface area contributed by atoms with Gasteiger partial charge in [-0.25, -0.2) is 0 Å². The van der Waals surface area contributed by atoms with Crippen LogP contribution in [0.5, 0.6) is 0 Å². The lowest BCUT2D eigenvalue weighted by Gasteiger charge is -2.33. The van der Waals surface area contributed by atoms with E-state index in [0.717, 1.165) is 0 Å². The summed E-state index contributed by atoms with van der Waals surface area (Å²) in [7, 11) is 0. The van der Waals surface area contributed by atoms with Crippen LogP contribution in [0.15, 0.2) is 12.4 Å². The topological polar surface area (TPSA) is 6.48 Å². The molecular weight excluding hydrogens is 484 g/mol. The molecule has 1 unspecified atom stereocenters. The molecule has 1 aliphatic heterocycles. The molecule has 2 heteroatoms. The van der Waals surface area contributed by atoms with Crippen LogP contribution in [-0.2, 0) is 0 Å². The van der Waals surface area contributed by atoms with Crippen LogP contribution in [0, 0.1) is 0 Å². The van der Waals surface area contributed by atoms with Gasteiger partial charge in [0.25, 0.3) is 0 Å². The fourth-order valence-corrected chi connectivity index (χ4v) is 6.54. The summed E-state index contributed by atoms with van der Waals surface area (Å²) in [4.78, 5) is 5.42. The van der Waals surface area contributed by atoms with Crippen LogP contribution in [0.4, 0.5) is 0 Å². The van der Waals surface area contributed by atoms with Crippen molar-refractivity contribution in [2.45, 2.75) is 220 Å². The molecule has 0 aromatic carbocycles. The Morgan fingerprint density at radius 2 is 0.575 bits per heavy atom. The molecule has 1 rings (SSSR count). The van der Waals surface area contributed by atoms with Crippen molar-refractivity contribution < 1.29 is 0 Å². The van der Waals surface area contributed by atoms with Gasteiger partial charge in [0, 0.05) is 25.5 Å². The van der Waals surface area contributed by atoms with Gasteiger partial charge >= 0.3 is 0 Å². The Morgan fingerprint density at radius 3 is 0.875 bits per heavy atom. The summed E-state index contributed by atoms with van der Waals surface area (Å²) in [5.41, 5.74) is 0. The van der Waals surface area contributed by atoms with E-state index in [2.05, 4.69) is 43.0 Å². The van der Waals surface area contributed by atoms with Gasteiger partial charge in [-0.2, -0.15) is 0 Å². The summed E-state index contributed by atoms with van der Waals surface area (Å²) in [6.07, 6.45) is 48.4. The number of nitrogens with zero attached hydrogens (tertiary/aromatic N) is 2. The molecule has 0 aromatic heterocycles. The van der Waals surface area contributed by atoms with E-state index in [1.54, 1.807) is 0 Å². The minimum atomic E-state index is 0.641. The van der Waals surface area contributed by atoms with Crippen LogP contribution in [0.1, 0.15) is 213 Å². The van der Waals surface area contributed by atoms with E-state index < -0.39 is 0 Å². The molecule has 1 atom stereocenters. The van der Waals surface area contributed by atoms with Gasteiger partial charge < -0.3 is 9.80 Å². The first-order chi connectivity index (χ1) is 19.8. The zero-order chi connectivity index (χ0) is 28.8. The van der Waals surface area contributed by atoms with Gasteiger partial charge in [-0.15, -0.1) is 0 Å². The largest absolute Gasteiger partial charge is 0.356 e. The van der Waals surface area contributed by atoms with Crippen LogP contribution < -0.4 is 0 Å². The van der Waals surface area contributed by atoms with Crippen LogP contribution in [0.2, 0.25) is 0 Å². The quantitative estimate of drug-likeness (QED) is 0.0755. The van der Waals surface area contributed by atoms with Crippen molar-refractivity contribution >= 4 is 0 Å². The molecule has 0 spiro atoms. The van der Waals surface area contributed by atoms with E-state index in [-0.39, 0.29) is 0 Å². The highest BCUT2D eigenvalue weighted by molar-refractivity contribution is 4.97. The Labute approximate surface area is 254 Å². The number of hydrogen-bond acceptors (Lipinski definition) is 2. The maximum Gasteiger partial charge on any atom is 0.101 e. The fraction of sp³-hybridized carbons (Fsp3) is 0.947. The Bertz CT molecular complexity index is 516. The minimum absolute atomic E-state index is 0.641. The smallest absolute Gasteiger partial charge is 0.101 e. The van der Waals surface area contributed by atoms with Crippen molar-refractivity contribution in [2.75, 3.05) is 13.1 Å². The van der Waals surface area contributed by atoms with Gasteiger partial charge in [0.2, 0.25) is 0 Å². The van der Waals surface area contributed by atoms with Gasteiger partial charge in [0.1, 0.15) is 6.17 Å². The maximum absolute atomic E-state index is 2.71. The average molecular weight is 561 g/mol. The monoisotopic (exact) mass is 561 g/mol. The van der Waals surface area contributed by atoms with E-state index in [4.69, 9.17) is 0 Å². The minimum Gasteiger partial charge on any atom is -0.356 e. The second kappa shape index (κ2) is 29.8. The Morgan fingerprint density at radius 1 is 0.325 bits per heavy atom. The first-order valence-electron chi connectivity index (χ1n) is 19.0. The van der Waals surface area contributed by atoms with E-state index in [1.807, 2.05) is 0 Å². The average Bonchev–Trinajstić information content (AvgIpc) is 3.35. The lowest BCUT2D eigenvalue weighted by molar-refractivity contribution is 0.135. The van der Waals surface area contributed by atoms with Crippen LogP contribution in [0.3, 0.4) is 0 Å². The maximum atomic E-state index is 2.71. The van der Waals surface area contributed by atoms with Gasteiger partial charge in [0.15, 0.2) is 0 Å². The molecule has 0 aliphatic carbocycles. The van der Waals surface area contributed by atoms with E-state index >= 15 is 0 Å². The zero-order valence-corrected chi connectivity index (χ0v) is 28.3. The summed E-state index contributed by atoms with van der Waals surface area (Å²) in [5, 5.41) is 0. The third-order valence-electron chi connectivity index (χ3n) is 9.32. The number of rotatable bonds is 32. The van der Waals surface area contributed by atoms with E-state index in [1.165, 1.54) is 206 Å². The third-order valence-corrected chi connectivity index (χ3v) is 9.32. The molecular formula is C38H76N2. The summed E-state index contributed by atoms with van der Waals surface area (Å²) < 4.78 is 0. The molecule has 1 aliphatic rings. The predicted octanol–water partition coefficient (Wildman–Crippen LogP) is 13.2. The molecule has 0 bridgehead atoms. The predicted molar refractivity (Wildman–Crippen MR) is 182 cm³/mol. The Hall–Kier alpha value is -0.660. The molecule has 238 valence electrons. The number of unbranched alkanes of at least 4 members (excludes halogenated alkanes) is 26. The van der Waals surface area contributed by atoms with Crippen molar-refractivity contribution in [2.24, 2.45) is 0 Å². The second-order valence-electron chi connectivity index (χ2n) is 13.2. The second-order valence-corrected chi connectivity index (χ2v) is 13.2. The molecule has 0 fully saturated rings. The third kappa shape index (κ3) is 22.0. The molecule has 0 aromatic rings. The van der Waals surface area contributed by atoms with Crippen LogP contribution >= 0.6 is 0 Å². The van der Waals surface area contributed by atoms with Gasteiger partial charge in [-0.3, -0.25) is 0 Å². The fourth-order valence-electron chi connectivity index (χ4n) is 6.54. The highest BCUT2D eigenvalue weighted by Gasteiger charge is 2.24. The Kier molecular flexibility index (Phi) is 27.9.